The summed E-state index contributed by atoms with van der Waals surface area (Å²) < 4.78 is 0. The van der Waals surface area contributed by atoms with Gasteiger partial charge in [-0.25, -0.2) is 0 Å². The summed E-state index contributed by atoms with van der Waals surface area (Å²) >= 11 is 1.55. The van der Waals surface area contributed by atoms with Gasteiger partial charge in [0.15, 0.2) is 0 Å². The highest BCUT2D eigenvalue weighted by Crippen LogP contribution is 2.19. The van der Waals surface area contributed by atoms with E-state index in [-0.39, 0.29) is 6.04 Å². The molecule has 0 aliphatic heterocycles. The van der Waals surface area contributed by atoms with Gasteiger partial charge in [-0.15, -0.1) is 21.5 Å². The quantitative estimate of drug-likeness (QED) is 0.892. The highest BCUT2D eigenvalue weighted by Gasteiger charge is 2.13. The molecule has 2 aromatic rings. The minimum atomic E-state index is 0.176. The second-order valence-electron chi connectivity index (χ2n) is 3.63. The van der Waals surface area contributed by atoms with Crippen LogP contribution in [0, 0.1) is 11.3 Å². The van der Waals surface area contributed by atoms with Crippen LogP contribution in [0.25, 0.3) is 0 Å². The summed E-state index contributed by atoms with van der Waals surface area (Å²) in [4.78, 5) is 0. The molecule has 5 heteroatoms. The Hall–Kier alpha value is -1.77. The van der Waals surface area contributed by atoms with Gasteiger partial charge in [0, 0.05) is 0 Å². The molecule has 1 atom stereocenters. The number of rotatable bonds is 4. The number of nitrogens with zero attached hydrogens (tertiary/aromatic N) is 3. The minimum absolute atomic E-state index is 0.176. The zero-order chi connectivity index (χ0) is 12.1. The van der Waals surface area contributed by atoms with Crippen LogP contribution in [0.1, 0.15) is 22.2 Å². The van der Waals surface area contributed by atoms with E-state index in [0.717, 1.165) is 11.4 Å². The molecule has 1 unspecified atom stereocenters. The van der Waals surface area contributed by atoms with Crippen molar-refractivity contribution in [2.45, 2.75) is 12.5 Å². The number of nitriles is 1. The van der Waals surface area contributed by atoms with Crippen LogP contribution in [0.3, 0.4) is 0 Å². The summed E-state index contributed by atoms with van der Waals surface area (Å²) in [6, 6.07) is 9.91. The summed E-state index contributed by atoms with van der Waals surface area (Å²) in [5, 5.41) is 20.9. The van der Waals surface area contributed by atoms with Crippen LogP contribution in [0.15, 0.2) is 29.8 Å². The topological polar surface area (TPSA) is 61.6 Å². The zero-order valence-electron chi connectivity index (χ0n) is 9.42. The molecule has 2 rings (SSSR count). The molecule has 0 bridgehead atoms. The van der Waals surface area contributed by atoms with Gasteiger partial charge >= 0.3 is 0 Å². The van der Waals surface area contributed by atoms with Crippen molar-refractivity contribution in [1.29, 1.82) is 5.26 Å². The van der Waals surface area contributed by atoms with Crippen molar-refractivity contribution in [2.75, 3.05) is 7.05 Å². The number of benzene rings is 1. The van der Waals surface area contributed by atoms with Gasteiger partial charge in [-0.2, -0.15) is 5.26 Å². The number of hydrogen-bond acceptors (Lipinski definition) is 5. The third-order valence-corrected chi connectivity index (χ3v) is 3.35. The van der Waals surface area contributed by atoms with E-state index in [1.165, 1.54) is 5.56 Å². The summed E-state index contributed by atoms with van der Waals surface area (Å²) in [7, 11) is 1.91. The summed E-state index contributed by atoms with van der Waals surface area (Å²) in [6.07, 6.45) is 0.845. The van der Waals surface area contributed by atoms with Crippen LogP contribution in [0.5, 0.6) is 0 Å². The Labute approximate surface area is 104 Å². The Morgan fingerprint density at radius 1 is 1.41 bits per heavy atom. The predicted octanol–water partition coefficient (Wildman–Crippen LogP) is 1.91. The van der Waals surface area contributed by atoms with Crippen molar-refractivity contribution < 1.29 is 0 Å². The molecule has 86 valence electrons. The van der Waals surface area contributed by atoms with E-state index in [2.05, 4.69) is 21.6 Å². The van der Waals surface area contributed by atoms with Crippen molar-refractivity contribution in [3.8, 4) is 6.07 Å². The van der Waals surface area contributed by atoms with Crippen molar-refractivity contribution in [3.05, 3.63) is 45.9 Å². The predicted molar refractivity (Wildman–Crippen MR) is 66.6 cm³/mol. The molecule has 0 aliphatic rings. The average molecular weight is 244 g/mol. The van der Waals surface area contributed by atoms with Gasteiger partial charge in [0.2, 0.25) is 0 Å². The molecule has 4 nitrogen and oxygen atoms in total. The Balaban J connectivity index is 2.11. The lowest BCUT2D eigenvalue weighted by Gasteiger charge is -2.12. The first-order valence-corrected chi connectivity index (χ1v) is 6.14. The third-order valence-electron chi connectivity index (χ3n) is 2.55. The fourth-order valence-corrected chi connectivity index (χ4v) is 2.26. The first-order valence-electron chi connectivity index (χ1n) is 5.26. The molecular weight excluding hydrogens is 232 g/mol. The summed E-state index contributed by atoms with van der Waals surface area (Å²) in [5.74, 6) is 0. The van der Waals surface area contributed by atoms with Crippen LogP contribution in [-0.4, -0.2) is 17.2 Å². The summed E-state index contributed by atoms with van der Waals surface area (Å²) in [5.41, 5.74) is 3.60. The Morgan fingerprint density at radius 2 is 2.18 bits per heavy atom. The van der Waals surface area contributed by atoms with E-state index in [4.69, 9.17) is 5.26 Å². The molecule has 0 aliphatic carbocycles. The van der Waals surface area contributed by atoms with E-state index in [1.54, 1.807) is 16.8 Å². The van der Waals surface area contributed by atoms with Crippen LogP contribution in [-0.2, 0) is 6.42 Å². The highest BCUT2D eigenvalue weighted by atomic mass is 32.1. The molecule has 1 aromatic heterocycles. The number of nitrogens with one attached hydrogen (secondary N) is 1. The van der Waals surface area contributed by atoms with Crippen LogP contribution in [0.2, 0.25) is 0 Å². The highest BCUT2D eigenvalue weighted by molar-refractivity contribution is 7.09. The van der Waals surface area contributed by atoms with Crippen LogP contribution in [0.4, 0.5) is 0 Å². The Kier molecular flexibility index (Phi) is 3.81. The van der Waals surface area contributed by atoms with Gasteiger partial charge in [0.05, 0.1) is 17.7 Å². The fraction of sp³-hybridized carbons (Fsp3) is 0.250. The monoisotopic (exact) mass is 244 g/mol. The number of aromatic nitrogens is 2. The molecule has 0 amide bonds. The van der Waals surface area contributed by atoms with Gasteiger partial charge in [0.1, 0.15) is 10.5 Å². The van der Waals surface area contributed by atoms with E-state index in [0.29, 0.717) is 5.56 Å². The molecular formula is C12H12N4S. The fourth-order valence-electron chi connectivity index (χ4n) is 1.60. The van der Waals surface area contributed by atoms with Crippen molar-refractivity contribution in [2.24, 2.45) is 0 Å². The SMILES string of the molecule is CNC(Cc1ccc(C#N)cc1)c1nncs1. The molecule has 1 aromatic carbocycles. The third kappa shape index (κ3) is 2.87. The first-order chi connectivity index (χ1) is 8.33. The van der Waals surface area contributed by atoms with Crippen LogP contribution >= 0.6 is 11.3 Å². The first kappa shape index (κ1) is 11.7. The second-order valence-corrected chi connectivity index (χ2v) is 4.50. The molecule has 1 heterocycles. The Bertz CT molecular complexity index is 498. The molecule has 0 fully saturated rings. The number of likely N-dealkylation sites (N-methyl/N-ethyl adjacent to an activating group) is 1. The maximum absolute atomic E-state index is 8.73. The molecule has 0 saturated carbocycles. The normalized spacial score (nSPS) is 12.0. The second kappa shape index (κ2) is 5.53. The lowest BCUT2D eigenvalue weighted by atomic mass is 10.1. The molecule has 0 spiro atoms. The van der Waals surface area contributed by atoms with Gasteiger partial charge in [-0.05, 0) is 31.2 Å². The van der Waals surface area contributed by atoms with Crippen molar-refractivity contribution in [3.63, 3.8) is 0 Å². The molecule has 0 radical (unpaired) electrons. The van der Waals surface area contributed by atoms with E-state index in [9.17, 15) is 0 Å². The Morgan fingerprint density at radius 3 is 2.71 bits per heavy atom. The lowest BCUT2D eigenvalue weighted by molar-refractivity contribution is 0.583. The van der Waals surface area contributed by atoms with E-state index < -0.39 is 0 Å². The average Bonchev–Trinajstić information content (AvgIpc) is 2.90. The lowest BCUT2D eigenvalue weighted by Crippen LogP contribution is -2.18. The number of hydrogen-bond donors (Lipinski definition) is 1. The zero-order valence-corrected chi connectivity index (χ0v) is 10.2. The maximum atomic E-state index is 8.73. The van der Waals surface area contributed by atoms with Crippen molar-refractivity contribution >= 4 is 11.3 Å². The summed E-state index contributed by atoms with van der Waals surface area (Å²) in [6.45, 7) is 0. The maximum Gasteiger partial charge on any atom is 0.134 e. The van der Waals surface area contributed by atoms with Crippen molar-refractivity contribution in [1.82, 2.24) is 15.5 Å². The minimum Gasteiger partial charge on any atom is -0.311 e. The van der Waals surface area contributed by atoms with Gasteiger partial charge < -0.3 is 5.32 Å². The van der Waals surface area contributed by atoms with Gasteiger partial charge in [0.25, 0.3) is 0 Å². The molecule has 1 N–H and O–H groups in total. The van der Waals surface area contributed by atoms with Gasteiger partial charge in [-0.3, -0.25) is 0 Å². The largest absolute Gasteiger partial charge is 0.311 e. The van der Waals surface area contributed by atoms with Crippen LogP contribution < -0.4 is 5.32 Å². The smallest absolute Gasteiger partial charge is 0.134 e. The van der Waals surface area contributed by atoms with E-state index in [1.807, 2.05) is 31.3 Å². The van der Waals surface area contributed by atoms with Gasteiger partial charge in [-0.1, -0.05) is 12.1 Å². The molecule has 17 heavy (non-hydrogen) atoms. The standard InChI is InChI=1S/C12H12N4S/c1-14-11(12-16-15-8-17-12)6-9-2-4-10(7-13)5-3-9/h2-5,8,11,14H,6H2,1H3. The van der Waals surface area contributed by atoms with E-state index >= 15 is 0 Å². The molecule has 0 saturated heterocycles.